The van der Waals surface area contributed by atoms with Crippen LogP contribution in [0.3, 0.4) is 0 Å². The maximum Gasteiger partial charge on any atom is 0.122 e. The summed E-state index contributed by atoms with van der Waals surface area (Å²) in [6.07, 6.45) is 0. The fourth-order valence-corrected chi connectivity index (χ4v) is 1.93. The van der Waals surface area contributed by atoms with Crippen molar-refractivity contribution in [3.8, 4) is 22.6 Å². The SMILES string of the molecule is CCOc1ccc(-c2ccc(OC)cc2)cc1C. The van der Waals surface area contributed by atoms with Gasteiger partial charge in [-0.15, -0.1) is 0 Å². The summed E-state index contributed by atoms with van der Waals surface area (Å²) in [5, 5.41) is 0. The molecule has 94 valence electrons. The fraction of sp³-hybridized carbons (Fsp3) is 0.250. The van der Waals surface area contributed by atoms with Crippen LogP contribution < -0.4 is 9.47 Å². The van der Waals surface area contributed by atoms with E-state index < -0.39 is 0 Å². The van der Waals surface area contributed by atoms with Gasteiger partial charge in [0, 0.05) is 0 Å². The van der Waals surface area contributed by atoms with Gasteiger partial charge in [0.25, 0.3) is 0 Å². The first kappa shape index (κ1) is 12.5. The molecule has 0 aliphatic heterocycles. The number of hydrogen-bond acceptors (Lipinski definition) is 2. The summed E-state index contributed by atoms with van der Waals surface area (Å²) in [5.74, 6) is 1.83. The molecule has 2 nitrogen and oxygen atoms in total. The molecule has 2 aromatic carbocycles. The molecule has 0 aliphatic carbocycles. The van der Waals surface area contributed by atoms with E-state index in [1.54, 1.807) is 7.11 Å². The second-order valence-corrected chi connectivity index (χ2v) is 4.14. The fourth-order valence-electron chi connectivity index (χ4n) is 1.93. The molecular weight excluding hydrogens is 224 g/mol. The summed E-state index contributed by atoms with van der Waals surface area (Å²) in [5.41, 5.74) is 3.53. The van der Waals surface area contributed by atoms with Gasteiger partial charge in [0.1, 0.15) is 11.5 Å². The molecule has 0 fully saturated rings. The molecule has 0 spiro atoms. The van der Waals surface area contributed by atoms with E-state index in [1.807, 2.05) is 25.1 Å². The highest BCUT2D eigenvalue weighted by Crippen LogP contribution is 2.27. The van der Waals surface area contributed by atoms with Crippen LogP contribution in [0.2, 0.25) is 0 Å². The minimum atomic E-state index is 0.697. The van der Waals surface area contributed by atoms with Gasteiger partial charge in [-0.2, -0.15) is 0 Å². The minimum absolute atomic E-state index is 0.697. The minimum Gasteiger partial charge on any atom is -0.497 e. The van der Waals surface area contributed by atoms with Gasteiger partial charge in [-0.05, 0) is 54.8 Å². The van der Waals surface area contributed by atoms with Crippen LogP contribution in [0.4, 0.5) is 0 Å². The van der Waals surface area contributed by atoms with Crippen molar-refractivity contribution in [2.45, 2.75) is 13.8 Å². The molecule has 2 aromatic rings. The van der Waals surface area contributed by atoms with E-state index in [1.165, 1.54) is 11.1 Å². The lowest BCUT2D eigenvalue weighted by atomic mass is 10.0. The van der Waals surface area contributed by atoms with Crippen molar-refractivity contribution >= 4 is 0 Å². The van der Waals surface area contributed by atoms with E-state index in [9.17, 15) is 0 Å². The Morgan fingerprint density at radius 3 is 2.17 bits per heavy atom. The molecule has 0 aromatic heterocycles. The highest BCUT2D eigenvalue weighted by molar-refractivity contribution is 5.66. The smallest absolute Gasteiger partial charge is 0.122 e. The van der Waals surface area contributed by atoms with Crippen LogP contribution >= 0.6 is 0 Å². The van der Waals surface area contributed by atoms with Crippen molar-refractivity contribution < 1.29 is 9.47 Å². The van der Waals surface area contributed by atoms with Gasteiger partial charge in [0.2, 0.25) is 0 Å². The zero-order valence-electron chi connectivity index (χ0n) is 11.1. The predicted molar refractivity (Wildman–Crippen MR) is 74.3 cm³/mol. The van der Waals surface area contributed by atoms with Crippen molar-refractivity contribution in [3.05, 3.63) is 48.0 Å². The molecule has 0 saturated carbocycles. The van der Waals surface area contributed by atoms with Gasteiger partial charge in [0.05, 0.1) is 13.7 Å². The molecule has 0 amide bonds. The molecule has 2 heteroatoms. The average molecular weight is 242 g/mol. The molecule has 0 bridgehead atoms. The number of methoxy groups -OCH3 is 1. The van der Waals surface area contributed by atoms with Crippen LogP contribution in [0, 0.1) is 6.92 Å². The summed E-state index contributed by atoms with van der Waals surface area (Å²) < 4.78 is 10.7. The Labute approximate surface area is 108 Å². The molecule has 0 N–H and O–H groups in total. The first-order chi connectivity index (χ1) is 8.74. The zero-order chi connectivity index (χ0) is 13.0. The first-order valence-corrected chi connectivity index (χ1v) is 6.12. The topological polar surface area (TPSA) is 18.5 Å². The third kappa shape index (κ3) is 2.65. The zero-order valence-corrected chi connectivity index (χ0v) is 11.1. The van der Waals surface area contributed by atoms with E-state index in [2.05, 4.69) is 31.2 Å². The van der Waals surface area contributed by atoms with Crippen LogP contribution in [-0.4, -0.2) is 13.7 Å². The number of ether oxygens (including phenoxy) is 2. The third-order valence-corrected chi connectivity index (χ3v) is 2.90. The van der Waals surface area contributed by atoms with Crippen LogP contribution in [0.1, 0.15) is 12.5 Å². The quantitative estimate of drug-likeness (QED) is 0.804. The average Bonchev–Trinajstić information content (AvgIpc) is 2.41. The molecule has 0 atom stereocenters. The van der Waals surface area contributed by atoms with Gasteiger partial charge >= 0.3 is 0 Å². The second kappa shape index (κ2) is 5.58. The predicted octanol–water partition coefficient (Wildman–Crippen LogP) is 4.07. The first-order valence-electron chi connectivity index (χ1n) is 6.12. The molecule has 0 aliphatic rings. The molecule has 0 saturated heterocycles. The lowest BCUT2D eigenvalue weighted by Gasteiger charge is -2.09. The lowest BCUT2D eigenvalue weighted by Crippen LogP contribution is -1.94. The van der Waals surface area contributed by atoms with Crippen molar-refractivity contribution in [2.75, 3.05) is 13.7 Å². The summed E-state index contributed by atoms with van der Waals surface area (Å²) in [6, 6.07) is 14.3. The number of aryl methyl sites for hydroxylation is 1. The van der Waals surface area contributed by atoms with Gasteiger partial charge in [-0.3, -0.25) is 0 Å². The highest BCUT2D eigenvalue weighted by Gasteiger charge is 2.03. The van der Waals surface area contributed by atoms with Gasteiger partial charge < -0.3 is 9.47 Å². The molecule has 0 unspecified atom stereocenters. The molecule has 0 radical (unpaired) electrons. The summed E-state index contributed by atoms with van der Waals surface area (Å²) in [6.45, 7) is 4.76. The Balaban J connectivity index is 2.30. The Bertz CT molecular complexity index is 515. The largest absolute Gasteiger partial charge is 0.497 e. The molecule has 2 rings (SSSR count). The van der Waals surface area contributed by atoms with Crippen LogP contribution in [0.5, 0.6) is 11.5 Å². The van der Waals surface area contributed by atoms with E-state index in [0.29, 0.717) is 6.61 Å². The van der Waals surface area contributed by atoms with Gasteiger partial charge in [-0.25, -0.2) is 0 Å². The Morgan fingerprint density at radius 2 is 1.61 bits per heavy atom. The monoisotopic (exact) mass is 242 g/mol. The number of benzene rings is 2. The maximum absolute atomic E-state index is 5.54. The molecular formula is C16H18O2. The lowest BCUT2D eigenvalue weighted by molar-refractivity contribution is 0.338. The number of hydrogen-bond donors (Lipinski definition) is 0. The van der Waals surface area contributed by atoms with Crippen molar-refractivity contribution in [1.29, 1.82) is 0 Å². The van der Waals surface area contributed by atoms with Crippen LogP contribution in [-0.2, 0) is 0 Å². The molecule has 0 heterocycles. The summed E-state index contributed by atoms with van der Waals surface area (Å²) >= 11 is 0. The van der Waals surface area contributed by atoms with Crippen molar-refractivity contribution in [3.63, 3.8) is 0 Å². The number of rotatable bonds is 4. The standard InChI is InChI=1S/C16H18O2/c1-4-18-16-10-7-14(11-12(16)2)13-5-8-15(17-3)9-6-13/h5-11H,4H2,1-3H3. The second-order valence-electron chi connectivity index (χ2n) is 4.14. The van der Waals surface area contributed by atoms with E-state index >= 15 is 0 Å². The van der Waals surface area contributed by atoms with E-state index in [4.69, 9.17) is 9.47 Å². The maximum atomic E-state index is 5.54. The van der Waals surface area contributed by atoms with Crippen LogP contribution in [0.25, 0.3) is 11.1 Å². The van der Waals surface area contributed by atoms with Crippen molar-refractivity contribution in [2.24, 2.45) is 0 Å². The highest BCUT2D eigenvalue weighted by atomic mass is 16.5. The van der Waals surface area contributed by atoms with E-state index in [-0.39, 0.29) is 0 Å². The van der Waals surface area contributed by atoms with Crippen LogP contribution in [0.15, 0.2) is 42.5 Å². The third-order valence-electron chi connectivity index (χ3n) is 2.90. The Kier molecular flexibility index (Phi) is 3.88. The summed E-state index contributed by atoms with van der Waals surface area (Å²) in [4.78, 5) is 0. The Morgan fingerprint density at radius 1 is 0.944 bits per heavy atom. The van der Waals surface area contributed by atoms with Gasteiger partial charge in [0.15, 0.2) is 0 Å². The molecule has 18 heavy (non-hydrogen) atoms. The van der Waals surface area contributed by atoms with Crippen molar-refractivity contribution in [1.82, 2.24) is 0 Å². The Hall–Kier alpha value is -1.96. The van der Waals surface area contributed by atoms with Gasteiger partial charge in [-0.1, -0.05) is 18.2 Å². The van der Waals surface area contributed by atoms with E-state index in [0.717, 1.165) is 17.1 Å². The summed E-state index contributed by atoms with van der Waals surface area (Å²) in [7, 11) is 1.68. The normalized spacial score (nSPS) is 10.2.